The Balaban J connectivity index is 0.867. The van der Waals surface area contributed by atoms with Crippen LogP contribution in [0.3, 0.4) is 0 Å². The number of carbonyl (C=O) groups is 1. The van der Waals surface area contributed by atoms with Gasteiger partial charge in [0.2, 0.25) is 5.95 Å². The van der Waals surface area contributed by atoms with Crippen molar-refractivity contribution in [3.05, 3.63) is 76.9 Å². The molecule has 1 amide bonds. The molecule has 8 rings (SSSR count). The summed E-state index contributed by atoms with van der Waals surface area (Å²) < 4.78 is 8.93. The van der Waals surface area contributed by atoms with Crippen LogP contribution < -0.4 is 15.8 Å². The Morgan fingerprint density at radius 1 is 0.963 bits per heavy atom. The van der Waals surface area contributed by atoms with Crippen LogP contribution in [-0.4, -0.2) is 96.7 Å². The number of rotatable bonds is 5. The predicted octanol–water partition coefficient (Wildman–Crippen LogP) is 5.83. The van der Waals surface area contributed by atoms with Gasteiger partial charge in [-0.1, -0.05) is 18.2 Å². The molecule has 1 atom stereocenters. The van der Waals surface area contributed by atoms with Crippen molar-refractivity contribution in [2.45, 2.75) is 84.0 Å². The molecule has 54 heavy (non-hydrogen) atoms. The van der Waals surface area contributed by atoms with E-state index >= 15 is 0 Å². The van der Waals surface area contributed by atoms with Crippen molar-refractivity contribution < 1.29 is 14.6 Å². The van der Waals surface area contributed by atoms with Gasteiger partial charge in [-0.05, 0) is 114 Å². The van der Waals surface area contributed by atoms with Gasteiger partial charge in [0.15, 0.2) is 11.5 Å². The molecule has 2 bridgehead atoms. The summed E-state index contributed by atoms with van der Waals surface area (Å²) in [7, 11) is 0. The van der Waals surface area contributed by atoms with Gasteiger partial charge in [-0.25, -0.2) is 24.1 Å². The van der Waals surface area contributed by atoms with Gasteiger partial charge in [-0.2, -0.15) is 4.98 Å². The lowest BCUT2D eigenvalue weighted by atomic mass is 9.57. The molecule has 0 radical (unpaired) electrons. The molecule has 2 N–H and O–H groups in total. The van der Waals surface area contributed by atoms with Gasteiger partial charge in [0, 0.05) is 63.4 Å². The maximum Gasteiger partial charge on any atom is 0.410 e. The van der Waals surface area contributed by atoms with Gasteiger partial charge in [-0.3, -0.25) is 9.69 Å². The zero-order valence-electron chi connectivity index (χ0n) is 32.0. The molecule has 4 aliphatic rings. The van der Waals surface area contributed by atoms with Crippen LogP contribution in [0.2, 0.25) is 0 Å². The molecule has 3 fully saturated rings. The summed E-state index contributed by atoms with van der Waals surface area (Å²) in [5.74, 6) is 1.64. The zero-order valence-corrected chi connectivity index (χ0v) is 32.0. The number of amides is 1. The quantitative estimate of drug-likeness (QED) is 0.242. The average molecular weight is 736 g/mol. The monoisotopic (exact) mass is 735 g/mol. The maximum atomic E-state index is 13.5. The standard InChI is InChI=1S/C41H53N9O4/c1-39(2,3)54-38(52)48-19-16-41(17-20-48)25-29(26-41)28-46-21-23-47(24-22-46)31-13-11-30(12-14-31)43-37-42-27-32-35(45-37)50-34-10-8-9-33(44-34)40(4,53)15-6-5-7-18-49(50)36(32)51/h5,7-14,27,29,53H,6,15-26,28H2,1-4H3,(H,42,43,45)/b7-5-/t40-/m1/s1. The van der Waals surface area contributed by atoms with Crippen molar-refractivity contribution in [3.8, 4) is 5.82 Å². The van der Waals surface area contributed by atoms with Crippen molar-refractivity contribution in [2.75, 3.05) is 56.0 Å². The summed E-state index contributed by atoms with van der Waals surface area (Å²) >= 11 is 0. The highest BCUT2D eigenvalue weighted by Gasteiger charge is 2.47. The van der Waals surface area contributed by atoms with E-state index in [4.69, 9.17) is 14.7 Å². The summed E-state index contributed by atoms with van der Waals surface area (Å²) in [4.78, 5) is 47.1. The SMILES string of the molecule is CC(C)(C)OC(=O)N1CCC2(CC1)CC(CN1CCN(c3ccc(Nc4ncc5c(=O)n6n(c5n4)-c4cccc(n4)[C@](C)(O)CC/C=C\C6)cc3)CC1)C2. The fourth-order valence-electron chi connectivity index (χ4n) is 8.74. The first-order chi connectivity index (χ1) is 25.8. The number of hydrogen-bond donors (Lipinski definition) is 2. The Morgan fingerprint density at radius 3 is 2.43 bits per heavy atom. The number of anilines is 3. The first-order valence-electron chi connectivity index (χ1n) is 19.5. The number of fused-ring (bicyclic) bond motifs is 6. The van der Waals surface area contributed by atoms with Crippen LogP contribution in [0.25, 0.3) is 16.9 Å². The molecule has 3 aliphatic heterocycles. The second-order valence-electron chi connectivity index (χ2n) is 17.0. The number of piperazine rings is 1. The molecule has 2 saturated heterocycles. The Morgan fingerprint density at radius 2 is 1.70 bits per heavy atom. The molecule has 6 heterocycles. The fourth-order valence-corrected chi connectivity index (χ4v) is 8.74. The zero-order chi connectivity index (χ0) is 37.7. The number of aromatic nitrogens is 5. The van der Waals surface area contributed by atoms with E-state index in [1.54, 1.807) is 22.5 Å². The number of piperidine rings is 1. The highest BCUT2D eigenvalue weighted by atomic mass is 16.6. The Labute approximate surface area is 316 Å². The third kappa shape index (κ3) is 7.48. The predicted molar refractivity (Wildman–Crippen MR) is 209 cm³/mol. The van der Waals surface area contributed by atoms with E-state index in [-0.39, 0.29) is 11.7 Å². The molecule has 1 saturated carbocycles. The number of likely N-dealkylation sites (tertiary alicyclic amines) is 1. The maximum absolute atomic E-state index is 13.5. The Kier molecular flexibility index (Phi) is 9.50. The highest BCUT2D eigenvalue weighted by Crippen LogP contribution is 2.53. The van der Waals surface area contributed by atoms with Gasteiger partial charge < -0.3 is 25.0 Å². The van der Waals surface area contributed by atoms with Crippen molar-refractivity contribution in [1.29, 1.82) is 0 Å². The summed E-state index contributed by atoms with van der Waals surface area (Å²) in [5, 5.41) is 14.9. The number of allylic oxidation sites excluding steroid dienone is 2. The highest BCUT2D eigenvalue weighted by molar-refractivity contribution is 5.77. The lowest BCUT2D eigenvalue weighted by molar-refractivity contribution is -0.0355. The minimum atomic E-state index is -1.11. The van der Waals surface area contributed by atoms with E-state index in [1.807, 2.05) is 68.2 Å². The average Bonchev–Trinajstić information content (AvgIpc) is 3.40. The van der Waals surface area contributed by atoms with Crippen LogP contribution in [0, 0.1) is 11.3 Å². The van der Waals surface area contributed by atoms with Crippen molar-refractivity contribution in [3.63, 3.8) is 0 Å². The number of ether oxygens (including phenoxy) is 1. The molecule has 13 heteroatoms. The molecule has 1 aliphatic carbocycles. The number of pyridine rings is 1. The summed E-state index contributed by atoms with van der Waals surface area (Å²) in [6.07, 6.45) is 11.2. The van der Waals surface area contributed by atoms with E-state index in [1.165, 1.54) is 18.5 Å². The normalized spacial score (nSPS) is 22.7. The Bertz CT molecular complexity index is 2070. The number of nitrogens with one attached hydrogen (secondary N) is 1. The number of nitrogens with zero attached hydrogens (tertiary/aromatic N) is 8. The lowest BCUT2D eigenvalue weighted by Gasteiger charge is -2.53. The second kappa shape index (κ2) is 14.2. The topological polar surface area (TPSA) is 134 Å². The molecule has 286 valence electrons. The number of hydrogen-bond acceptors (Lipinski definition) is 10. The van der Waals surface area contributed by atoms with Gasteiger partial charge >= 0.3 is 6.09 Å². The first-order valence-corrected chi connectivity index (χ1v) is 19.5. The summed E-state index contributed by atoms with van der Waals surface area (Å²) in [5.41, 5.74) is 1.70. The molecule has 1 spiro atoms. The number of benzene rings is 1. The largest absolute Gasteiger partial charge is 0.444 e. The Hall–Kier alpha value is -4.75. The van der Waals surface area contributed by atoms with Gasteiger partial charge in [0.05, 0.1) is 12.2 Å². The molecule has 13 nitrogen and oxygen atoms in total. The van der Waals surface area contributed by atoms with Crippen LogP contribution in [0.5, 0.6) is 0 Å². The fraction of sp³-hybridized carbons (Fsp3) is 0.537. The van der Waals surface area contributed by atoms with Crippen LogP contribution >= 0.6 is 0 Å². The van der Waals surface area contributed by atoms with Crippen LogP contribution in [0.15, 0.2) is 65.6 Å². The molecule has 4 aromatic rings. The molecule has 3 aromatic heterocycles. The molecule has 1 aromatic carbocycles. The van der Waals surface area contributed by atoms with Crippen molar-refractivity contribution in [1.82, 2.24) is 34.1 Å². The van der Waals surface area contributed by atoms with Crippen LogP contribution in [0.4, 0.5) is 22.1 Å². The minimum absolute atomic E-state index is 0.171. The molecule has 0 unspecified atom stereocenters. The number of carbonyl (C=O) groups excluding carboxylic acids is 1. The van der Waals surface area contributed by atoms with E-state index in [0.29, 0.717) is 53.3 Å². The third-order valence-electron chi connectivity index (χ3n) is 11.7. The summed E-state index contributed by atoms with van der Waals surface area (Å²) in [6.45, 7) is 14.8. The van der Waals surface area contributed by atoms with Gasteiger partial charge in [0.25, 0.3) is 5.56 Å². The molecular formula is C41H53N9O4. The lowest BCUT2D eigenvalue weighted by Crippen LogP contribution is -2.53. The van der Waals surface area contributed by atoms with Crippen LogP contribution in [-0.2, 0) is 16.9 Å². The van der Waals surface area contributed by atoms with E-state index in [0.717, 1.165) is 70.3 Å². The van der Waals surface area contributed by atoms with Crippen LogP contribution in [0.1, 0.15) is 71.9 Å². The van der Waals surface area contributed by atoms with Gasteiger partial charge in [0.1, 0.15) is 16.6 Å². The van der Waals surface area contributed by atoms with E-state index in [2.05, 4.69) is 32.2 Å². The second-order valence-corrected chi connectivity index (χ2v) is 17.0. The third-order valence-corrected chi connectivity index (χ3v) is 11.7. The van der Waals surface area contributed by atoms with E-state index < -0.39 is 11.2 Å². The van der Waals surface area contributed by atoms with Gasteiger partial charge in [-0.15, -0.1) is 0 Å². The summed E-state index contributed by atoms with van der Waals surface area (Å²) in [6, 6.07) is 13.9. The first kappa shape index (κ1) is 36.2. The smallest absolute Gasteiger partial charge is 0.410 e. The van der Waals surface area contributed by atoms with Crippen molar-refractivity contribution >= 4 is 34.4 Å². The van der Waals surface area contributed by atoms with E-state index in [9.17, 15) is 14.7 Å². The molecular weight excluding hydrogens is 683 g/mol. The van der Waals surface area contributed by atoms with Crippen molar-refractivity contribution in [2.24, 2.45) is 11.3 Å². The minimum Gasteiger partial charge on any atom is -0.444 e. The number of aliphatic hydroxyl groups is 1.